The highest BCUT2D eigenvalue weighted by Gasteiger charge is 2.42. The van der Waals surface area contributed by atoms with Crippen molar-refractivity contribution >= 4 is 5.97 Å². The van der Waals surface area contributed by atoms with Crippen LogP contribution in [-0.4, -0.2) is 12.6 Å². The molecule has 0 amide bonds. The highest BCUT2D eigenvalue weighted by Crippen LogP contribution is 2.45. The van der Waals surface area contributed by atoms with Crippen molar-refractivity contribution in [3.8, 4) is 6.07 Å². The second-order valence-electron chi connectivity index (χ2n) is 5.82. The Morgan fingerprint density at radius 3 is 2.56 bits per heavy atom. The van der Waals surface area contributed by atoms with Crippen LogP contribution in [0.25, 0.3) is 0 Å². The van der Waals surface area contributed by atoms with Gasteiger partial charge < -0.3 is 15.2 Å². The van der Waals surface area contributed by atoms with Crippen LogP contribution in [-0.2, 0) is 20.4 Å². The molecule has 0 spiro atoms. The molecule has 0 radical (unpaired) electrons. The lowest BCUT2D eigenvalue weighted by Crippen LogP contribution is -2.27. The summed E-state index contributed by atoms with van der Waals surface area (Å²) in [5.41, 5.74) is 4.23. The van der Waals surface area contributed by atoms with Gasteiger partial charge in [0.1, 0.15) is 17.4 Å². The molecule has 2 rings (SSSR count). The van der Waals surface area contributed by atoms with E-state index in [1.165, 1.54) is 18.2 Å². The van der Waals surface area contributed by atoms with Crippen molar-refractivity contribution in [1.29, 1.82) is 5.26 Å². The number of alkyl halides is 3. The second-order valence-corrected chi connectivity index (χ2v) is 5.82. The van der Waals surface area contributed by atoms with Crippen molar-refractivity contribution in [3.05, 3.63) is 58.2 Å². The van der Waals surface area contributed by atoms with E-state index in [2.05, 4.69) is 0 Å². The largest absolute Gasteiger partial charge is 0.463 e. The summed E-state index contributed by atoms with van der Waals surface area (Å²) >= 11 is 0. The maximum atomic E-state index is 13.6. The summed E-state index contributed by atoms with van der Waals surface area (Å²) < 4.78 is 51.1. The number of halogens is 3. The standard InChI is InChI=1S/C19H19F3N2O3/c1-3-7-14-16(18(25)26-4-2)15(12(10-23)17(24)27-14)11-8-5-6-9-13(11)19(20,21)22/h5-6,8-9,15H,3-4,7,24H2,1-2H3/t15-/m1/s1. The third-order valence-corrected chi connectivity index (χ3v) is 4.05. The molecule has 0 aliphatic carbocycles. The molecule has 0 fully saturated rings. The van der Waals surface area contributed by atoms with Crippen molar-refractivity contribution in [2.75, 3.05) is 6.61 Å². The first-order chi connectivity index (χ1) is 12.8. The monoisotopic (exact) mass is 380 g/mol. The van der Waals surface area contributed by atoms with Gasteiger partial charge in [0.2, 0.25) is 5.88 Å². The molecule has 0 saturated carbocycles. The molecule has 1 aromatic rings. The number of nitriles is 1. The molecule has 1 aromatic carbocycles. The van der Waals surface area contributed by atoms with E-state index in [1.54, 1.807) is 13.0 Å². The normalized spacial score (nSPS) is 17.4. The first kappa shape index (κ1) is 20.4. The van der Waals surface area contributed by atoms with E-state index in [9.17, 15) is 23.2 Å². The minimum atomic E-state index is -4.67. The summed E-state index contributed by atoms with van der Waals surface area (Å²) in [6.07, 6.45) is -3.85. The third kappa shape index (κ3) is 4.08. The van der Waals surface area contributed by atoms with Gasteiger partial charge in [-0.1, -0.05) is 25.1 Å². The van der Waals surface area contributed by atoms with Crippen LogP contribution in [0, 0.1) is 11.3 Å². The predicted molar refractivity (Wildman–Crippen MR) is 90.7 cm³/mol. The van der Waals surface area contributed by atoms with Crippen LogP contribution in [0.15, 0.2) is 47.1 Å². The molecule has 1 heterocycles. The summed E-state index contributed by atoms with van der Waals surface area (Å²) in [5.74, 6) is -2.34. The summed E-state index contributed by atoms with van der Waals surface area (Å²) in [4.78, 5) is 12.6. The molecule has 0 saturated heterocycles. The predicted octanol–water partition coefficient (Wildman–Crippen LogP) is 4.13. The number of carbonyl (C=O) groups excluding carboxylic acids is 1. The number of nitrogens with zero attached hydrogens (tertiary/aromatic N) is 1. The number of allylic oxidation sites excluding steroid dienone is 2. The molecule has 144 valence electrons. The van der Waals surface area contributed by atoms with Gasteiger partial charge in [-0.3, -0.25) is 0 Å². The fourth-order valence-corrected chi connectivity index (χ4v) is 2.98. The number of ether oxygens (including phenoxy) is 2. The van der Waals surface area contributed by atoms with E-state index in [1.807, 2.05) is 6.92 Å². The van der Waals surface area contributed by atoms with E-state index in [4.69, 9.17) is 15.2 Å². The number of nitrogens with two attached hydrogens (primary N) is 1. The minimum absolute atomic E-state index is 0.0243. The zero-order chi connectivity index (χ0) is 20.2. The van der Waals surface area contributed by atoms with Crippen LogP contribution in [0.2, 0.25) is 0 Å². The van der Waals surface area contributed by atoms with E-state index in [0.717, 1.165) is 6.07 Å². The van der Waals surface area contributed by atoms with Crippen LogP contribution in [0.3, 0.4) is 0 Å². The first-order valence-electron chi connectivity index (χ1n) is 8.40. The fourth-order valence-electron chi connectivity index (χ4n) is 2.98. The van der Waals surface area contributed by atoms with Crippen molar-refractivity contribution in [2.24, 2.45) is 5.73 Å². The Labute approximate surface area is 154 Å². The first-order valence-corrected chi connectivity index (χ1v) is 8.40. The van der Waals surface area contributed by atoms with Gasteiger partial charge in [0.15, 0.2) is 0 Å². The Kier molecular flexibility index (Phi) is 6.16. The lowest BCUT2D eigenvalue weighted by atomic mass is 9.80. The van der Waals surface area contributed by atoms with Gasteiger partial charge >= 0.3 is 12.1 Å². The lowest BCUT2D eigenvalue weighted by molar-refractivity contribution is -0.141. The number of hydrogen-bond donors (Lipinski definition) is 1. The molecule has 8 heteroatoms. The molecule has 27 heavy (non-hydrogen) atoms. The van der Waals surface area contributed by atoms with Crippen LogP contribution >= 0.6 is 0 Å². The van der Waals surface area contributed by atoms with Gasteiger partial charge in [0.05, 0.1) is 23.7 Å². The van der Waals surface area contributed by atoms with Gasteiger partial charge in [0.25, 0.3) is 0 Å². The van der Waals surface area contributed by atoms with Crippen molar-refractivity contribution in [1.82, 2.24) is 0 Å². The summed E-state index contributed by atoms with van der Waals surface area (Å²) in [5, 5.41) is 9.51. The SMILES string of the molecule is CCCC1=C(C(=O)OCC)[C@H](c2ccccc2C(F)(F)F)C(C#N)=C(N)O1. The van der Waals surface area contributed by atoms with E-state index in [-0.39, 0.29) is 41.4 Å². The molecular formula is C19H19F3N2O3. The maximum absolute atomic E-state index is 13.6. The summed E-state index contributed by atoms with van der Waals surface area (Å²) in [7, 11) is 0. The van der Waals surface area contributed by atoms with Crippen molar-refractivity contribution in [3.63, 3.8) is 0 Å². The third-order valence-electron chi connectivity index (χ3n) is 4.05. The van der Waals surface area contributed by atoms with Crippen LogP contribution in [0.1, 0.15) is 43.7 Å². The smallest absolute Gasteiger partial charge is 0.416 e. The highest BCUT2D eigenvalue weighted by molar-refractivity contribution is 5.92. The van der Waals surface area contributed by atoms with Crippen LogP contribution in [0.4, 0.5) is 13.2 Å². The molecular weight excluding hydrogens is 361 g/mol. The average molecular weight is 380 g/mol. The molecule has 1 atom stereocenters. The Morgan fingerprint density at radius 1 is 1.33 bits per heavy atom. The molecule has 0 unspecified atom stereocenters. The van der Waals surface area contributed by atoms with Gasteiger partial charge in [-0.05, 0) is 25.0 Å². The topological polar surface area (TPSA) is 85.3 Å². The number of carbonyl (C=O) groups is 1. The van der Waals surface area contributed by atoms with Gasteiger partial charge in [-0.25, -0.2) is 4.79 Å². The van der Waals surface area contributed by atoms with Crippen molar-refractivity contribution < 1.29 is 27.4 Å². The van der Waals surface area contributed by atoms with Gasteiger partial charge in [0, 0.05) is 6.42 Å². The Hall–Kier alpha value is -2.95. The molecule has 2 N–H and O–H groups in total. The zero-order valence-corrected chi connectivity index (χ0v) is 14.9. The van der Waals surface area contributed by atoms with Gasteiger partial charge in [-0.2, -0.15) is 18.4 Å². The number of hydrogen-bond acceptors (Lipinski definition) is 5. The lowest BCUT2D eigenvalue weighted by Gasteiger charge is -2.29. The molecule has 0 bridgehead atoms. The van der Waals surface area contributed by atoms with Gasteiger partial charge in [-0.15, -0.1) is 0 Å². The van der Waals surface area contributed by atoms with E-state index in [0.29, 0.717) is 6.42 Å². The van der Waals surface area contributed by atoms with Crippen LogP contribution < -0.4 is 5.73 Å². The second kappa shape index (κ2) is 8.16. The average Bonchev–Trinajstić information content (AvgIpc) is 2.61. The molecule has 5 nitrogen and oxygen atoms in total. The molecule has 1 aliphatic rings. The Balaban J connectivity index is 2.79. The fraction of sp³-hybridized carbons (Fsp3) is 0.368. The number of rotatable bonds is 5. The Bertz CT molecular complexity index is 835. The quantitative estimate of drug-likeness (QED) is 0.777. The highest BCUT2D eigenvalue weighted by atomic mass is 19.4. The van der Waals surface area contributed by atoms with E-state index >= 15 is 0 Å². The zero-order valence-electron chi connectivity index (χ0n) is 14.9. The summed E-state index contributed by atoms with van der Waals surface area (Å²) in [6.45, 7) is 3.42. The van der Waals surface area contributed by atoms with E-state index < -0.39 is 23.6 Å². The summed E-state index contributed by atoms with van der Waals surface area (Å²) in [6, 6.07) is 6.57. The maximum Gasteiger partial charge on any atom is 0.416 e. The minimum Gasteiger partial charge on any atom is -0.463 e. The Morgan fingerprint density at radius 2 is 2.00 bits per heavy atom. The number of esters is 1. The van der Waals surface area contributed by atoms with Crippen molar-refractivity contribution in [2.45, 2.75) is 38.8 Å². The molecule has 0 aromatic heterocycles. The molecule has 1 aliphatic heterocycles. The number of benzene rings is 1. The van der Waals surface area contributed by atoms with Crippen LogP contribution in [0.5, 0.6) is 0 Å².